The molecule has 186 valence electrons. The molecule has 9 heteroatoms. The number of carbonyl (C=O) groups is 2. The van der Waals surface area contributed by atoms with Crippen molar-refractivity contribution in [2.24, 2.45) is 5.92 Å². The van der Waals surface area contributed by atoms with Gasteiger partial charge in [-0.1, -0.05) is 62.7 Å². The fourth-order valence-electron chi connectivity index (χ4n) is 3.55. The first-order valence-corrected chi connectivity index (χ1v) is 13.5. The molecule has 0 aliphatic heterocycles. The summed E-state index contributed by atoms with van der Waals surface area (Å²) in [6.45, 7) is 7.77. The number of benzene rings is 2. The fourth-order valence-corrected chi connectivity index (χ4v) is 4.59. The van der Waals surface area contributed by atoms with Crippen LogP contribution < -0.4 is 9.62 Å². The normalized spacial score (nSPS) is 12.3. The molecule has 0 aromatic heterocycles. The monoisotopic (exact) mass is 507 g/mol. The number of amides is 2. The van der Waals surface area contributed by atoms with Gasteiger partial charge >= 0.3 is 0 Å². The van der Waals surface area contributed by atoms with Crippen LogP contribution in [0.4, 0.5) is 5.69 Å². The van der Waals surface area contributed by atoms with E-state index in [1.165, 1.54) is 4.90 Å². The lowest BCUT2D eigenvalue weighted by atomic mass is 10.1. The zero-order valence-electron chi connectivity index (χ0n) is 20.4. The minimum Gasteiger partial charge on any atom is -0.354 e. The second-order valence-electron chi connectivity index (χ2n) is 8.78. The van der Waals surface area contributed by atoms with E-state index in [-0.39, 0.29) is 18.4 Å². The van der Waals surface area contributed by atoms with Crippen molar-refractivity contribution >= 4 is 39.1 Å². The van der Waals surface area contributed by atoms with Crippen molar-refractivity contribution in [3.05, 3.63) is 64.7 Å². The number of anilines is 1. The molecule has 0 saturated heterocycles. The van der Waals surface area contributed by atoms with Crippen LogP contribution in [0.3, 0.4) is 0 Å². The largest absolute Gasteiger partial charge is 0.354 e. The topological polar surface area (TPSA) is 86.8 Å². The molecule has 0 radical (unpaired) electrons. The second kappa shape index (κ2) is 12.2. The van der Waals surface area contributed by atoms with Crippen LogP contribution in [0.1, 0.15) is 38.3 Å². The van der Waals surface area contributed by atoms with E-state index < -0.39 is 28.5 Å². The molecule has 1 N–H and O–H groups in total. The number of aryl methyl sites for hydroxylation is 1. The molecule has 2 aromatic rings. The van der Waals surface area contributed by atoms with Crippen LogP contribution in [0.2, 0.25) is 5.02 Å². The average molecular weight is 508 g/mol. The van der Waals surface area contributed by atoms with E-state index in [9.17, 15) is 18.0 Å². The van der Waals surface area contributed by atoms with Gasteiger partial charge in [-0.3, -0.25) is 13.9 Å². The number of nitrogens with one attached hydrogen (secondary N) is 1. The molecule has 0 bridgehead atoms. The van der Waals surface area contributed by atoms with Crippen molar-refractivity contribution in [3.63, 3.8) is 0 Å². The first-order chi connectivity index (χ1) is 15.9. The van der Waals surface area contributed by atoms with E-state index in [0.29, 0.717) is 29.2 Å². The van der Waals surface area contributed by atoms with Crippen LogP contribution in [0.15, 0.2) is 48.5 Å². The highest BCUT2D eigenvalue weighted by Gasteiger charge is 2.32. The maximum absolute atomic E-state index is 13.6. The SMILES string of the molecule is CC[C@H](C(=O)NCC(C)C)N(Cc1ccccc1Cl)C(=O)CN(c1cccc(C)c1)S(C)(=O)=O. The van der Waals surface area contributed by atoms with Gasteiger partial charge in [-0.25, -0.2) is 8.42 Å². The molecule has 0 aliphatic rings. The molecule has 0 spiro atoms. The molecule has 1 atom stereocenters. The number of nitrogens with zero attached hydrogens (tertiary/aromatic N) is 2. The van der Waals surface area contributed by atoms with Crippen molar-refractivity contribution in [2.75, 3.05) is 23.7 Å². The third kappa shape index (κ3) is 7.74. The molecule has 0 unspecified atom stereocenters. The Labute approximate surface area is 208 Å². The molecule has 0 aliphatic carbocycles. The van der Waals surface area contributed by atoms with Gasteiger partial charge in [0, 0.05) is 18.1 Å². The van der Waals surface area contributed by atoms with E-state index >= 15 is 0 Å². The van der Waals surface area contributed by atoms with Gasteiger partial charge in [-0.2, -0.15) is 0 Å². The van der Waals surface area contributed by atoms with Gasteiger partial charge < -0.3 is 10.2 Å². The minimum atomic E-state index is -3.76. The number of hydrogen-bond acceptors (Lipinski definition) is 4. The van der Waals surface area contributed by atoms with E-state index in [0.717, 1.165) is 16.1 Å². The molecule has 7 nitrogen and oxygen atoms in total. The first kappa shape index (κ1) is 27.7. The van der Waals surface area contributed by atoms with Gasteiger partial charge in [-0.05, 0) is 48.6 Å². The van der Waals surface area contributed by atoms with Crippen molar-refractivity contribution in [1.29, 1.82) is 0 Å². The minimum absolute atomic E-state index is 0.0809. The van der Waals surface area contributed by atoms with Gasteiger partial charge in [0.1, 0.15) is 12.6 Å². The quantitative estimate of drug-likeness (QED) is 0.498. The lowest BCUT2D eigenvalue weighted by molar-refractivity contribution is -0.140. The van der Waals surface area contributed by atoms with Crippen LogP contribution in [0.25, 0.3) is 0 Å². The Morgan fingerprint density at radius 3 is 2.32 bits per heavy atom. The zero-order valence-corrected chi connectivity index (χ0v) is 22.0. The van der Waals surface area contributed by atoms with Crippen LogP contribution in [-0.2, 0) is 26.2 Å². The van der Waals surface area contributed by atoms with E-state index in [4.69, 9.17) is 11.6 Å². The Morgan fingerprint density at radius 1 is 1.09 bits per heavy atom. The molecule has 34 heavy (non-hydrogen) atoms. The third-order valence-corrected chi connectivity index (χ3v) is 6.85. The molecule has 2 amide bonds. The second-order valence-corrected chi connectivity index (χ2v) is 11.1. The molecule has 2 aromatic carbocycles. The molecule has 0 fully saturated rings. The van der Waals surface area contributed by atoms with Gasteiger partial charge in [0.15, 0.2) is 0 Å². The molecular formula is C25H34ClN3O4S. The highest BCUT2D eigenvalue weighted by atomic mass is 35.5. The summed E-state index contributed by atoms with van der Waals surface area (Å²) in [4.78, 5) is 28.1. The van der Waals surface area contributed by atoms with Gasteiger partial charge in [-0.15, -0.1) is 0 Å². The summed E-state index contributed by atoms with van der Waals surface area (Å²) in [5.41, 5.74) is 1.94. The highest BCUT2D eigenvalue weighted by molar-refractivity contribution is 7.92. The number of halogens is 1. The van der Waals surface area contributed by atoms with E-state index in [2.05, 4.69) is 5.32 Å². The molecule has 0 heterocycles. The number of sulfonamides is 1. The van der Waals surface area contributed by atoms with Crippen molar-refractivity contribution in [3.8, 4) is 0 Å². The van der Waals surface area contributed by atoms with Gasteiger partial charge in [0.2, 0.25) is 21.8 Å². The number of carbonyl (C=O) groups excluding carboxylic acids is 2. The lowest BCUT2D eigenvalue weighted by Crippen LogP contribution is -2.52. The van der Waals surface area contributed by atoms with Gasteiger partial charge in [0.05, 0.1) is 11.9 Å². The van der Waals surface area contributed by atoms with Crippen molar-refractivity contribution in [1.82, 2.24) is 10.2 Å². The van der Waals surface area contributed by atoms with E-state index in [1.807, 2.05) is 33.8 Å². The maximum atomic E-state index is 13.6. The summed E-state index contributed by atoms with van der Waals surface area (Å²) in [5.74, 6) is -0.521. The smallest absolute Gasteiger partial charge is 0.244 e. The summed E-state index contributed by atoms with van der Waals surface area (Å²) in [6.07, 6.45) is 1.43. The third-order valence-electron chi connectivity index (χ3n) is 5.34. The molecule has 0 saturated carbocycles. The Balaban J connectivity index is 2.43. The summed E-state index contributed by atoms with van der Waals surface area (Å²) in [6, 6.07) is 13.3. The highest BCUT2D eigenvalue weighted by Crippen LogP contribution is 2.22. The van der Waals surface area contributed by atoms with Crippen molar-refractivity contribution < 1.29 is 18.0 Å². The van der Waals surface area contributed by atoms with Crippen LogP contribution >= 0.6 is 11.6 Å². The Hall–Kier alpha value is -2.58. The summed E-state index contributed by atoms with van der Waals surface area (Å²) >= 11 is 6.35. The lowest BCUT2D eigenvalue weighted by Gasteiger charge is -2.33. The summed E-state index contributed by atoms with van der Waals surface area (Å²) < 4.78 is 26.3. The first-order valence-electron chi connectivity index (χ1n) is 11.3. The Morgan fingerprint density at radius 2 is 1.76 bits per heavy atom. The summed E-state index contributed by atoms with van der Waals surface area (Å²) in [5, 5.41) is 3.36. The number of hydrogen-bond donors (Lipinski definition) is 1. The van der Waals surface area contributed by atoms with Gasteiger partial charge in [0.25, 0.3) is 0 Å². The zero-order chi connectivity index (χ0) is 25.5. The Kier molecular flexibility index (Phi) is 9.94. The fraction of sp³-hybridized carbons (Fsp3) is 0.440. The molecule has 2 rings (SSSR count). The number of rotatable bonds is 11. The predicted molar refractivity (Wildman–Crippen MR) is 137 cm³/mol. The summed E-state index contributed by atoms with van der Waals surface area (Å²) in [7, 11) is -3.76. The maximum Gasteiger partial charge on any atom is 0.244 e. The van der Waals surface area contributed by atoms with Crippen molar-refractivity contribution in [2.45, 2.75) is 46.7 Å². The Bertz CT molecular complexity index is 1100. The van der Waals surface area contributed by atoms with E-state index in [1.54, 1.807) is 42.5 Å². The van der Waals surface area contributed by atoms with Crippen LogP contribution in [0.5, 0.6) is 0 Å². The van der Waals surface area contributed by atoms with Crippen LogP contribution in [0, 0.1) is 12.8 Å². The predicted octanol–water partition coefficient (Wildman–Crippen LogP) is 3.99. The standard InChI is InChI=1S/C25H34ClN3O4S/c1-6-23(25(31)27-15-18(2)3)28(16-20-11-7-8-13-22(20)26)24(30)17-29(34(5,32)33)21-12-9-10-19(4)14-21/h7-14,18,23H,6,15-17H2,1-5H3,(H,27,31)/t23-/m1/s1. The average Bonchev–Trinajstić information content (AvgIpc) is 2.76. The molecular weight excluding hydrogens is 474 g/mol. The van der Waals surface area contributed by atoms with Crippen LogP contribution in [-0.4, -0.2) is 50.5 Å².